The van der Waals surface area contributed by atoms with E-state index in [2.05, 4.69) is 4.72 Å². The maximum Gasteiger partial charge on any atom is 0.414 e. The van der Waals surface area contributed by atoms with Crippen molar-refractivity contribution in [1.82, 2.24) is 9.62 Å². The SMILES string of the molecule is COc1cc(OCCCNS(C)(=O)=O)ccc1C(=O)N1CCC(N2C(=O)OCc3ccccc32)CC1. The number of amides is 2. The minimum atomic E-state index is -3.22. The minimum absolute atomic E-state index is 0.0437. The predicted molar refractivity (Wildman–Crippen MR) is 134 cm³/mol. The molecule has 0 atom stereocenters. The van der Waals surface area contributed by atoms with E-state index in [0.29, 0.717) is 56.0 Å². The minimum Gasteiger partial charge on any atom is -0.496 e. The smallest absolute Gasteiger partial charge is 0.414 e. The topological polar surface area (TPSA) is 114 Å². The number of fused-ring (bicyclic) bond motifs is 1. The van der Waals surface area contributed by atoms with Gasteiger partial charge in [-0.3, -0.25) is 9.69 Å². The summed E-state index contributed by atoms with van der Waals surface area (Å²) < 4.78 is 41.1. The Balaban J connectivity index is 1.35. The first-order valence-electron chi connectivity index (χ1n) is 11.9. The maximum absolute atomic E-state index is 13.3. The molecule has 0 aromatic heterocycles. The molecule has 11 heteroatoms. The number of benzene rings is 2. The normalized spacial score (nSPS) is 16.3. The molecule has 194 valence electrons. The van der Waals surface area contributed by atoms with Crippen molar-refractivity contribution >= 4 is 27.7 Å². The number of sulfonamides is 1. The molecule has 2 aromatic carbocycles. The average molecular weight is 518 g/mol. The van der Waals surface area contributed by atoms with E-state index in [-0.39, 0.29) is 31.2 Å². The molecule has 0 spiro atoms. The summed E-state index contributed by atoms with van der Waals surface area (Å²) in [5.41, 5.74) is 2.29. The number of cyclic esters (lactones) is 1. The Morgan fingerprint density at radius 3 is 2.64 bits per heavy atom. The second-order valence-corrected chi connectivity index (χ2v) is 10.6. The highest BCUT2D eigenvalue weighted by Gasteiger charge is 2.35. The van der Waals surface area contributed by atoms with Crippen LogP contribution in [0.1, 0.15) is 35.2 Å². The third-order valence-electron chi connectivity index (χ3n) is 6.27. The van der Waals surface area contributed by atoms with E-state index in [9.17, 15) is 18.0 Å². The van der Waals surface area contributed by atoms with E-state index in [1.807, 2.05) is 24.3 Å². The van der Waals surface area contributed by atoms with Crippen LogP contribution in [-0.4, -0.2) is 71.0 Å². The Bertz CT molecular complexity index is 1210. The van der Waals surface area contributed by atoms with Crippen molar-refractivity contribution in [3.05, 3.63) is 53.6 Å². The van der Waals surface area contributed by atoms with Crippen LogP contribution in [0.5, 0.6) is 11.5 Å². The zero-order valence-corrected chi connectivity index (χ0v) is 21.3. The Morgan fingerprint density at radius 1 is 1.17 bits per heavy atom. The highest BCUT2D eigenvalue weighted by molar-refractivity contribution is 7.88. The molecule has 2 heterocycles. The molecule has 0 radical (unpaired) electrons. The van der Waals surface area contributed by atoms with Crippen molar-refractivity contribution in [2.45, 2.75) is 31.9 Å². The summed E-state index contributed by atoms with van der Waals surface area (Å²) in [6, 6.07) is 12.7. The van der Waals surface area contributed by atoms with Crippen LogP contribution in [-0.2, 0) is 21.4 Å². The molecule has 2 aliphatic rings. The molecule has 2 aromatic rings. The largest absolute Gasteiger partial charge is 0.496 e. The van der Waals surface area contributed by atoms with E-state index in [1.165, 1.54) is 7.11 Å². The number of hydrogen-bond donors (Lipinski definition) is 1. The molecular weight excluding hydrogens is 486 g/mol. The number of carbonyl (C=O) groups excluding carboxylic acids is 2. The summed E-state index contributed by atoms with van der Waals surface area (Å²) in [6.45, 7) is 1.88. The highest BCUT2D eigenvalue weighted by atomic mass is 32.2. The maximum atomic E-state index is 13.3. The molecule has 1 saturated heterocycles. The lowest BCUT2D eigenvalue weighted by Gasteiger charge is -2.40. The van der Waals surface area contributed by atoms with Gasteiger partial charge in [-0.25, -0.2) is 17.9 Å². The molecule has 0 saturated carbocycles. The Morgan fingerprint density at radius 2 is 1.92 bits per heavy atom. The van der Waals surface area contributed by atoms with E-state index >= 15 is 0 Å². The van der Waals surface area contributed by atoms with Gasteiger partial charge in [0.2, 0.25) is 10.0 Å². The van der Waals surface area contributed by atoms with Crippen molar-refractivity contribution < 1.29 is 32.2 Å². The van der Waals surface area contributed by atoms with Crippen molar-refractivity contribution in [2.24, 2.45) is 0 Å². The molecule has 0 bridgehead atoms. The van der Waals surface area contributed by atoms with Gasteiger partial charge in [-0.2, -0.15) is 0 Å². The molecule has 2 aliphatic heterocycles. The number of carbonyl (C=O) groups is 2. The molecule has 2 amide bonds. The molecule has 0 aliphatic carbocycles. The summed E-state index contributed by atoms with van der Waals surface area (Å²) >= 11 is 0. The highest BCUT2D eigenvalue weighted by Crippen LogP contribution is 2.33. The standard InChI is InChI=1S/C25H31N3O7S/c1-33-23-16-20(34-15-5-12-26-36(2,31)32)8-9-21(23)24(29)27-13-10-19(11-14-27)28-22-7-4-3-6-18(22)17-35-25(28)30/h3-4,6-9,16,19,26H,5,10-15,17H2,1-2H3. The number of para-hydroxylation sites is 1. The lowest BCUT2D eigenvalue weighted by molar-refractivity contribution is 0.0705. The van der Waals surface area contributed by atoms with Gasteiger partial charge in [0.05, 0.1) is 31.2 Å². The predicted octanol–water partition coefficient (Wildman–Crippen LogP) is 2.77. The molecule has 1 N–H and O–H groups in total. The van der Waals surface area contributed by atoms with Crippen LogP contribution in [0.25, 0.3) is 0 Å². The fourth-order valence-corrected chi connectivity index (χ4v) is 4.99. The molecule has 10 nitrogen and oxygen atoms in total. The Kier molecular flexibility index (Phi) is 8.00. The van der Waals surface area contributed by atoms with Gasteiger partial charge in [-0.15, -0.1) is 0 Å². The average Bonchev–Trinajstić information content (AvgIpc) is 2.87. The number of hydrogen-bond acceptors (Lipinski definition) is 7. The first kappa shape index (κ1) is 25.8. The number of piperidine rings is 1. The number of nitrogens with zero attached hydrogens (tertiary/aromatic N) is 2. The third-order valence-corrected chi connectivity index (χ3v) is 7.00. The lowest BCUT2D eigenvalue weighted by atomic mass is 10.00. The summed E-state index contributed by atoms with van der Waals surface area (Å²) in [4.78, 5) is 29.3. The van der Waals surface area contributed by atoms with Crippen LogP contribution in [0.3, 0.4) is 0 Å². The van der Waals surface area contributed by atoms with E-state index in [4.69, 9.17) is 14.2 Å². The van der Waals surface area contributed by atoms with Crippen LogP contribution in [0.2, 0.25) is 0 Å². The van der Waals surface area contributed by atoms with Crippen molar-refractivity contribution in [3.8, 4) is 11.5 Å². The fourth-order valence-electron chi connectivity index (χ4n) is 4.48. The van der Waals surface area contributed by atoms with Crippen LogP contribution >= 0.6 is 0 Å². The van der Waals surface area contributed by atoms with E-state index in [1.54, 1.807) is 28.0 Å². The number of anilines is 1. The Hall–Kier alpha value is -3.31. The summed E-state index contributed by atoms with van der Waals surface area (Å²) in [7, 11) is -1.73. The second-order valence-electron chi connectivity index (χ2n) is 8.81. The molecule has 4 rings (SSSR count). The van der Waals surface area contributed by atoms with Crippen LogP contribution in [0.15, 0.2) is 42.5 Å². The van der Waals surface area contributed by atoms with Crippen molar-refractivity contribution in [3.63, 3.8) is 0 Å². The zero-order chi connectivity index (χ0) is 25.7. The fraction of sp³-hybridized carbons (Fsp3) is 0.440. The summed E-state index contributed by atoms with van der Waals surface area (Å²) in [6.07, 6.45) is 2.54. The van der Waals surface area contributed by atoms with Crippen LogP contribution in [0.4, 0.5) is 10.5 Å². The zero-order valence-electron chi connectivity index (χ0n) is 20.4. The lowest BCUT2D eigenvalue weighted by Crippen LogP contribution is -2.50. The number of methoxy groups -OCH3 is 1. The second kappa shape index (κ2) is 11.2. The molecular formula is C25H31N3O7S. The number of likely N-dealkylation sites (tertiary alicyclic amines) is 1. The van der Waals surface area contributed by atoms with Gasteiger partial charge in [0.15, 0.2) is 0 Å². The number of nitrogens with one attached hydrogen (secondary N) is 1. The molecule has 1 fully saturated rings. The first-order chi connectivity index (χ1) is 17.3. The molecule has 36 heavy (non-hydrogen) atoms. The van der Waals surface area contributed by atoms with Crippen LogP contribution < -0.4 is 19.1 Å². The van der Waals surface area contributed by atoms with Gasteiger partial charge in [0, 0.05) is 37.3 Å². The van der Waals surface area contributed by atoms with Crippen LogP contribution in [0, 0.1) is 0 Å². The van der Waals surface area contributed by atoms with Gasteiger partial charge in [-0.1, -0.05) is 18.2 Å². The monoisotopic (exact) mass is 517 g/mol. The summed E-state index contributed by atoms with van der Waals surface area (Å²) in [5, 5.41) is 0. The van der Waals surface area contributed by atoms with Crippen molar-refractivity contribution in [2.75, 3.05) is 44.5 Å². The molecule has 0 unspecified atom stereocenters. The Labute approximate surface area is 211 Å². The number of ether oxygens (including phenoxy) is 3. The number of rotatable bonds is 9. The van der Waals surface area contributed by atoms with E-state index in [0.717, 1.165) is 17.5 Å². The van der Waals surface area contributed by atoms with Gasteiger partial charge >= 0.3 is 6.09 Å². The van der Waals surface area contributed by atoms with Gasteiger partial charge in [0.1, 0.15) is 18.1 Å². The van der Waals surface area contributed by atoms with Crippen molar-refractivity contribution in [1.29, 1.82) is 0 Å². The van der Waals surface area contributed by atoms with Gasteiger partial charge in [-0.05, 0) is 37.5 Å². The van der Waals surface area contributed by atoms with Gasteiger partial charge < -0.3 is 19.1 Å². The van der Waals surface area contributed by atoms with Gasteiger partial charge in [0.25, 0.3) is 5.91 Å². The third kappa shape index (κ3) is 6.08. The summed E-state index contributed by atoms with van der Waals surface area (Å²) in [5.74, 6) is 0.794. The van der Waals surface area contributed by atoms with E-state index < -0.39 is 10.0 Å². The quantitative estimate of drug-likeness (QED) is 0.509. The first-order valence-corrected chi connectivity index (χ1v) is 13.7.